The van der Waals surface area contributed by atoms with E-state index in [0.29, 0.717) is 0 Å². The zero-order valence-corrected chi connectivity index (χ0v) is 24.7. The fraction of sp³-hybridized carbons (Fsp3) is 0.586. The third-order valence-electron chi connectivity index (χ3n) is 5.15. The number of ketones is 2. The predicted octanol–water partition coefficient (Wildman–Crippen LogP) is 7.59. The van der Waals surface area contributed by atoms with Crippen molar-refractivity contribution in [2.24, 2.45) is 21.7 Å². The van der Waals surface area contributed by atoms with E-state index >= 15 is 0 Å². The average Bonchev–Trinajstić information content (AvgIpc) is 2.58. The molecular formula is C29H44O2Te. The summed E-state index contributed by atoms with van der Waals surface area (Å²) in [4.78, 5) is 25.3. The molecule has 0 aromatic carbocycles. The number of allylic oxidation sites excluding steroid dienone is 10. The van der Waals surface area contributed by atoms with Crippen molar-refractivity contribution in [1.82, 2.24) is 0 Å². The third-order valence-corrected chi connectivity index (χ3v) is 10.6. The Labute approximate surface area is 207 Å². The molecule has 2 nitrogen and oxygen atoms in total. The van der Waals surface area contributed by atoms with Crippen molar-refractivity contribution in [3.63, 3.8) is 0 Å². The Hall–Kier alpha value is -1.17. The standard InChI is InChI=1S/C29H44O2Te/c1-26(2,3)22(30)16-20(17-23(31)27(4,5)6)14-13-15-21-18-24(28(7,8)9)32-25(19-21)29(10,11)12/h13-16,18-19H,17H2,1-12H3/b14-13+,20-16-. The second-order valence-electron chi connectivity index (χ2n) is 12.8. The molecule has 0 saturated carbocycles. The van der Waals surface area contributed by atoms with Crippen molar-refractivity contribution in [2.45, 2.75) is 89.5 Å². The van der Waals surface area contributed by atoms with Crippen molar-refractivity contribution < 1.29 is 9.59 Å². The Kier molecular flexibility index (Phi) is 9.38. The number of hydrogen-bond acceptors (Lipinski definition) is 2. The van der Waals surface area contributed by atoms with E-state index in [1.807, 2.05) is 53.7 Å². The van der Waals surface area contributed by atoms with Crippen LogP contribution in [0.2, 0.25) is 0 Å². The Morgan fingerprint density at radius 1 is 0.781 bits per heavy atom. The monoisotopic (exact) mass is 554 g/mol. The first-order chi connectivity index (χ1) is 14.2. The topological polar surface area (TPSA) is 34.1 Å². The summed E-state index contributed by atoms with van der Waals surface area (Å²) in [6.07, 6.45) is 12.6. The van der Waals surface area contributed by atoms with E-state index < -0.39 is 10.8 Å². The molecule has 0 unspecified atom stereocenters. The molecule has 0 aliphatic carbocycles. The van der Waals surface area contributed by atoms with Gasteiger partial charge in [0.1, 0.15) is 0 Å². The summed E-state index contributed by atoms with van der Waals surface area (Å²) in [6.45, 7) is 25.2. The molecule has 0 saturated heterocycles. The van der Waals surface area contributed by atoms with Gasteiger partial charge in [0.05, 0.1) is 0 Å². The van der Waals surface area contributed by atoms with E-state index in [4.69, 9.17) is 0 Å². The molecule has 1 heterocycles. The van der Waals surface area contributed by atoms with Gasteiger partial charge < -0.3 is 0 Å². The van der Waals surface area contributed by atoms with Crippen molar-refractivity contribution in [1.29, 1.82) is 0 Å². The van der Waals surface area contributed by atoms with Crippen molar-refractivity contribution in [3.8, 4) is 0 Å². The van der Waals surface area contributed by atoms with Gasteiger partial charge in [-0.25, -0.2) is 0 Å². The molecule has 0 aromatic rings. The van der Waals surface area contributed by atoms with Crippen LogP contribution in [0.25, 0.3) is 0 Å². The van der Waals surface area contributed by atoms with Crippen LogP contribution in [0.15, 0.2) is 54.8 Å². The van der Waals surface area contributed by atoms with Crippen LogP contribution >= 0.6 is 0 Å². The molecule has 32 heavy (non-hydrogen) atoms. The summed E-state index contributed by atoms with van der Waals surface area (Å²) in [6, 6.07) is 0. The Bertz CT molecular complexity index is 845. The summed E-state index contributed by atoms with van der Waals surface area (Å²) in [7, 11) is 0. The summed E-state index contributed by atoms with van der Waals surface area (Å²) in [5, 5.41) is 0. The maximum atomic E-state index is 12.7. The normalized spacial score (nSPS) is 16.8. The van der Waals surface area contributed by atoms with Gasteiger partial charge in [0, 0.05) is 0 Å². The van der Waals surface area contributed by atoms with Crippen LogP contribution in [0.5, 0.6) is 0 Å². The Morgan fingerprint density at radius 2 is 1.25 bits per heavy atom. The average molecular weight is 552 g/mol. The quantitative estimate of drug-likeness (QED) is 0.200. The van der Waals surface area contributed by atoms with Gasteiger partial charge in [-0.05, 0) is 0 Å². The zero-order valence-electron chi connectivity index (χ0n) is 22.4. The van der Waals surface area contributed by atoms with Crippen molar-refractivity contribution in [3.05, 3.63) is 54.8 Å². The minimum atomic E-state index is -0.468. The molecule has 0 fully saturated rings. The van der Waals surface area contributed by atoms with Gasteiger partial charge >= 0.3 is 208 Å². The van der Waals surface area contributed by atoms with Gasteiger partial charge in [0.25, 0.3) is 0 Å². The van der Waals surface area contributed by atoms with Crippen molar-refractivity contribution in [2.75, 3.05) is 0 Å². The molecule has 0 atom stereocenters. The van der Waals surface area contributed by atoms with Gasteiger partial charge in [-0.3, -0.25) is 0 Å². The van der Waals surface area contributed by atoms with Crippen molar-refractivity contribution >= 4 is 32.5 Å². The van der Waals surface area contributed by atoms with Gasteiger partial charge in [0.15, 0.2) is 0 Å². The fourth-order valence-electron chi connectivity index (χ4n) is 2.63. The first kappa shape index (κ1) is 28.9. The van der Waals surface area contributed by atoms with E-state index in [9.17, 15) is 9.59 Å². The first-order valence-electron chi connectivity index (χ1n) is 11.5. The molecule has 0 aromatic heterocycles. The van der Waals surface area contributed by atoms with Gasteiger partial charge in [-0.1, -0.05) is 0 Å². The van der Waals surface area contributed by atoms with Crippen LogP contribution in [0.1, 0.15) is 89.5 Å². The maximum absolute atomic E-state index is 12.7. The second kappa shape index (κ2) is 10.4. The number of rotatable bonds is 5. The van der Waals surface area contributed by atoms with Crippen LogP contribution in [-0.4, -0.2) is 32.5 Å². The first-order valence-corrected chi connectivity index (χ1v) is 13.8. The molecule has 0 spiro atoms. The number of carbonyl (C=O) groups excluding carboxylic acids is 2. The summed E-state index contributed by atoms with van der Waals surface area (Å²) in [5.41, 5.74) is 1.39. The molecule has 1 aliphatic heterocycles. The van der Waals surface area contributed by atoms with E-state index in [-0.39, 0.29) is 49.7 Å². The second-order valence-corrected chi connectivity index (χ2v) is 15.9. The summed E-state index contributed by atoms with van der Waals surface area (Å²) >= 11 is -0.355. The number of carbonyl (C=O) groups is 2. The molecule has 3 heteroatoms. The molecule has 0 amide bonds. The molecule has 0 bridgehead atoms. The van der Waals surface area contributed by atoms with Gasteiger partial charge in [-0.15, -0.1) is 0 Å². The molecule has 1 rings (SSSR count). The van der Waals surface area contributed by atoms with Crippen LogP contribution < -0.4 is 0 Å². The van der Waals surface area contributed by atoms with Gasteiger partial charge in [0.2, 0.25) is 0 Å². The van der Waals surface area contributed by atoms with E-state index in [0.717, 1.165) is 5.57 Å². The summed E-state index contributed by atoms with van der Waals surface area (Å²) in [5.74, 6) is 0.176. The van der Waals surface area contributed by atoms with Crippen LogP contribution in [0.3, 0.4) is 0 Å². The third kappa shape index (κ3) is 9.36. The molecular weight excluding hydrogens is 508 g/mol. The molecule has 0 radical (unpaired) electrons. The number of Topliss-reactive ketones (excluding diaryl/α,β-unsaturated/α-hetero) is 1. The van der Waals surface area contributed by atoms with Crippen LogP contribution in [0, 0.1) is 21.7 Å². The zero-order chi connectivity index (χ0) is 25.1. The molecule has 1 aliphatic rings. The van der Waals surface area contributed by atoms with E-state index in [1.165, 1.54) is 5.57 Å². The molecule has 0 N–H and O–H groups in total. The Balaban J connectivity index is 3.36. The van der Waals surface area contributed by atoms with Crippen LogP contribution in [0.4, 0.5) is 0 Å². The Morgan fingerprint density at radius 3 is 1.62 bits per heavy atom. The van der Waals surface area contributed by atoms with Gasteiger partial charge in [-0.2, -0.15) is 0 Å². The predicted molar refractivity (Wildman–Crippen MR) is 140 cm³/mol. The van der Waals surface area contributed by atoms with E-state index in [2.05, 4.69) is 59.8 Å². The fourth-order valence-corrected chi connectivity index (χ4v) is 6.17. The SMILES string of the molecule is CC(C)(C)C(=O)/C=C(/C=C/C=C1C=C(C(C)(C)C)[Te]C(C(C)(C)C)=C1)CC(=O)C(C)(C)C. The van der Waals surface area contributed by atoms with E-state index in [1.54, 1.807) is 13.3 Å². The molecule has 178 valence electrons. The summed E-state index contributed by atoms with van der Waals surface area (Å²) < 4.78 is 3.10. The van der Waals surface area contributed by atoms with Crippen LogP contribution in [-0.2, 0) is 9.59 Å². The minimum absolute atomic E-state index is 0.0413. The number of hydrogen-bond donors (Lipinski definition) is 0.